The predicted octanol–water partition coefficient (Wildman–Crippen LogP) is 2.69. The van der Waals surface area contributed by atoms with Gasteiger partial charge < -0.3 is 14.8 Å². The maximum atomic E-state index is 13.1. The van der Waals surface area contributed by atoms with Crippen molar-refractivity contribution in [2.24, 2.45) is 0 Å². The summed E-state index contributed by atoms with van der Waals surface area (Å²) in [5.41, 5.74) is 1.70. The van der Waals surface area contributed by atoms with Crippen LogP contribution in [0.25, 0.3) is 11.4 Å². The van der Waals surface area contributed by atoms with Gasteiger partial charge in [-0.1, -0.05) is 30.3 Å². The highest BCUT2D eigenvalue weighted by atomic mass is 16.1. The molecule has 1 fully saturated rings. The standard InChI is InChI=1S/C22H24N6O/c29-22(18-9-6-12-23-21(18)27-13-4-5-14-27)24-17-10-11-19-25-26-20(28(19)15-17)16-7-2-1-3-8-16/h1-3,6-9,12,17H,4-5,10-11,13-15H2,(H,24,29)/t17-/m1/s1. The molecule has 3 aromatic rings. The number of aryl methyl sites for hydroxylation is 1. The zero-order valence-electron chi connectivity index (χ0n) is 16.3. The minimum atomic E-state index is -0.0530. The second-order valence-electron chi connectivity index (χ2n) is 7.69. The van der Waals surface area contributed by atoms with Crippen LogP contribution in [0, 0.1) is 0 Å². The highest BCUT2D eigenvalue weighted by Crippen LogP contribution is 2.25. The van der Waals surface area contributed by atoms with Gasteiger partial charge in [-0.25, -0.2) is 4.98 Å². The lowest BCUT2D eigenvalue weighted by molar-refractivity contribution is 0.0928. The zero-order chi connectivity index (χ0) is 19.6. The molecule has 1 atom stereocenters. The van der Waals surface area contributed by atoms with E-state index < -0.39 is 0 Å². The highest BCUT2D eigenvalue weighted by Gasteiger charge is 2.27. The molecule has 1 N–H and O–H groups in total. The van der Waals surface area contributed by atoms with Crippen LogP contribution in [-0.2, 0) is 13.0 Å². The van der Waals surface area contributed by atoms with Gasteiger partial charge in [0.25, 0.3) is 5.91 Å². The number of anilines is 1. The Balaban J connectivity index is 1.35. The van der Waals surface area contributed by atoms with E-state index in [9.17, 15) is 4.79 Å². The van der Waals surface area contributed by atoms with Crippen LogP contribution >= 0.6 is 0 Å². The molecule has 0 radical (unpaired) electrons. The summed E-state index contributed by atoms with van der Waals surface area (Å²) in [7, 11) is 0. The fourth-order valence-corrected chi connectivity index (χ4v) is 4.26. The number of carbonyl (C=O) groups is 1. The van der Waals surface area contributed by atoms with Gasteiger partial charge in [0.05, 0.1) is 5.56 Å². The topological polar surface area (TPSA) is 75.9 Å². The van der Waals surface area contributed by atoms with Crippen molar-refractivity contribution in [2.75, 3.05) is 18.0 Å². The molecule has 0 saturated carbocycles. The summed E-state index contributed by atoms with van der Waals surface area (Å²) in [5.74, 6) is 2.59. The Labute approximate surface area is 169 Å². The van der Waals surface area contributed by atoms with Crippen molar-refractivity contribution in [2.45, 2.75) is 38.3 Å². The van der Waals surface area contributed by atoms with Crippen LogP contribution in [0.5, 0.6) is 0 Å². The van der Waals surface area contributed by atoms with Gasteiger partial charge in [-0.2, -0.15) is 0 Å². The molecule has 0 spiro atoms. The number of pyridine rings is 1. The van der Waals surface area contributed by atoms with Crippen LogP contribution in [-0.4, -0.2) is 44.8 Å². The quantitative estimate of drug-likeness (QED) is 0.744. The van der Waals surface area contributed by atoms with Crippen molar-refractivity contribution in [3.63, 3.8) is 0 Å². The Kier molecular flexibility index (Phi) is 4.71. The maximum absolute atomic E-state index is 13.1. The van der Waals surface area contributed by atoms with Crippen LogP contribution in [0.4, 0.5) is 5.82 Å². The van der Waals surface area contributed by atoms with Gasteiger partial charge in [0, 0.05) is 43.9 Å². The number of carbonyl (C=O) groups excluding carboxylic acids is 1. The number of nitrogens with zero attached hydrogens (tertiary/aromatic N) is 5. The molecule has 0 aliphatic carbocycles. The molecule has 2 aromatic heterocycles. The van der Waals surface area contributed by atoms with E-state index in [1.807, 2.05) is 42.5 Å². The Bertz CT molecular complexity index is 1010. The number of fused-ring (bicyclic) bond motifs is 1. The number of amides is 1. The van der Waals surface area contributed by atoms with E-state index in [1.165, 1.54) is 0 Å². The summed E-state index contributed by atoms with van der Waals surface area (Å²) >= 11 is 0. The van der Waals surface area contributed by atoms with Gasteiger partial charge in [-0.3, -0.25) is 4.79 Å². The van der Waals surface area contributed by atoms with E-state index in [2.05, 4.69) is 30.0 Å². The van der Waals surface area contributed by atoms with Crippen LogP contribution in [0.2, 0.25) is 0 Å². The lowest BCUT2D eigenvalue weighted by atomic mass is 10.1. The van der Waals surface area contributed by atoms with Crippen molar-refractivity contribution in [1.82, 2.24) is 25.1 Å². The SMILES string of the molecule is O=C(N[C@@H]1CCc2nnc(-c3ccccc3)n2C1)c1cccnc1N1CCCC1. The normalized spacial score (nSPS) is 18.5. The first-order valence-corrected chi connectivity index (χ1v) is 10.3. The van der Waals surface area contributed by atoms with Gasteiger partial charge in [0.15, 0.2) is 5.82 Å². The van der Waals surface area contributed by atoms with Crippen molar-refractivity contribution in [1.29, 1.82) is 0 Å². The van der Waals surface area contributed by atoms with Crippen LogP contribution in [0.1, 0.15) is 35.4 Å². The van der Waals surface area contributed by atoms with Crippen molar-refractivity contribution >= 4 is 11.7 Å². The number of nitrogens with one attached hydrogen (secondary N) is 1. The molecule has 2 aliphatic rings. The molecule has 4 heterocycles. The van der Waals surface area contributed by atoms with Gasteiger partial charge >= 0.3 is 0 Å². The Morgan fingerprint density at radius 3 is 2.69 bits per heavy atom. The molecule has 2 aliphatic heterocycles. The smallest absolute Gasteiger partial charge is 0.255 e. The molecule has 5 rings (SSSR count). The molecular formula is C22H24N6O. The molecule has 1 amide bonds. The molecule has 0 unspecified atom stereocenters. The number of rotatable bonds is 4. The molecule has 1 saturated heterocycles. The van der Waals surface area contributed by atoms with Crippen molar-refractivity contribution in [3.05, 3.63) is 60.0 Å². The van der Waals surface area contributed by atoms with E-state index in [0.29, 0.717) is 12.1 Å². The summed E-state index contributed by atoms with van der Waals surface area (Å²) in [5, 5.41) is 12.0. The van der Waals surface area contributed by atoms with E-state index in [0.717, 1.165) is 61.8 Å². The molecule has 0 bridgehead atoms. The van der Waals surface area contributed by atoms with Gasteiger partial charge in [0.2, 0.25) is 0 Å². The first-order chi connectivity index (χ1) is 14.3. The van der Waals surface area contributed by atoms with Crippen molar-refractivity contribution in [3.8, 4) is 11.4 Å². The van der Waals surface area contributed by atoms with Gasteiger partial charge in [-0.05, 0) is 31.4 Å². The van der Waals surface area contributed by atoms with Gasteiger partial charge in [0.1, 0.15) is 11.6 Å². The largest absolute Gasteiger partial charge is 0.356 e. The Hall–Kier alpha value is -3.22. The summed E-state index contributed by atoms with van der Waals surface area (Å²) in [6, 6.07) is 13.8. The monoisotopic (exact) mass is 388 g/mol. The third-order valence-corrected chi connectivity index (χ3v) is 5.75. The predicted molar refractivity (Wildman–Crippen MR) is 111 cm³/mol. The molecule has 29 heavy (non-hydrogen) atoms. The fourth-order valence-electron chi connectivity index (χ4n) is 4.26. The second-order valence-corrected chi connectivity index (χ2v) is 7.69. The molecule has 7 heteroatoms. The third kappa shape index (κ3) is 3.48. The Morgan fingerprint density at radius 2 is 1.86 bits per heavy atom. The maximum Gasteiger partial charge on any atom is 0.255 e. The second kappa shape index (κ2) is 7.66. The van der Waals surface area contributed by atoms with E-state index in [-0.39, 0.29) is 11.9 Å². The number of hydrogen-bond acceptors (Lipinski definition) is 5. The summed E-state index contributed by atoms with van der Waals surface area (Å²) in [6.07, 6.45) is 5.73. The molecule has 148 valence electrons. The van der Waals surface area contributed by atoms with Crippen molar-refractivity contribution < 1.29 is 4.79 Å². The van der Waals surface area contributed by atoms with Crippen LogP contribution in [0.15, 0.2) is 48.7 Å². The van der Waals surface area contributed by atoms with Crippen LogP contribution in [0.3, 0.4) is 0 Å². The summed E-state index contributed by atoms with van der Waals surface area (Å²) in [4.78, 5) is 19.8. The fraction of sp³-hybridized carbons (Fsp3) is 0.364. The lowest BCUT2D eigenvalue weighted by Crippen LogP contribution is -2.41. The van der Waals surface area contributed by atoms with Crippen LogP contribution < -0.4 is 10.2 Å². The Morgan fingerprint density at radius 1 is 1.03 bits per heavy atom. The average molecular weight is 388 g/mol. The third-order valence-electron chi connectivity index (χ3n) is 5.75. The number of hydrogen-bond donors (Lipinski definition) is 1. The molecule has 1 aromatic carbocycles. The average Bonchev–Trinajstić information content (AvgIpc) is 3.44. The minimum Gasteiger partial charge on any atom is -0.356 e. The van der Waals surface area contributed by atoms with Gasteiger partial charge in [-0.15, -0.1) is 10.2 Å². The lowest BCUT2D eigenvalue weighted by Gasteiger charge is -2.26. The summed E-state index contributed by atoms with van der Waals surface area (Å²) in [6.45, 7) is 2.61. The molecule has 7 nitrogen and oxygen atoms in total. The zero-order valence-corrected chi connectivity index (χ0v) is 16.3. The highest BCUT2D eigenvalue weighted by molar-refractivity contribution is 5.99. The number of aromatic nitrogens is 4. The summed E-state index contributed by atoms with van der Waals surface area (Å²) < 4.78 is 2.13. The first-order valence-electron chi connectivity index (χ1n) is 10.3. The number of benzene rings is 1. The van der Waals surface area contributed by atoms with E-state index >= 15 is 0 Å². The first kappa shape index (κ1) is 17.8. The molecular weight excluding hydrogens is 364 g/mol. The minimum absolute atomic E-state index is 0.0418. The van der Waals surface area contributed by atoms with E-state index in [4.69, 9.17) is 0 Å². The van der Waals surface area contributed by atoms with E-state index in [1.54, 1.807) is 6.20 Å².